The minimum Gasteiger partial charge on any atom is -0.350 e. The van der Waals surface area contributed by atoms with Gasteiger partial charge in [-0.1, -0.05) is 53.2 Å². The lowest BCUT2D eigenvalue weighted by Gasteiger charge is -2.64. The smallest absolute Gasteiger partial charge is 0.223 e. The Hall–Kier alpha value is -2.22. The standard InChI is InChI=1S/C34H48N2O3/c1-21(37)16-27-32(6)17-24(20-35)28(38)22(2)26(32)10-11-33(27,7)31(5)13-15-34(36-29(39)23-8-9-23)14-12-30(3,4)18-25(34)19-31/h16-17,22-23,25-26H,8-15,18-19H2,1-7H3,(H,36,39)/b27-16-/t22-,25?,26-,31+,32-,33+,34-/m0/s1. The molecule has 4 fully saturated rings. The second kappa shape index (κ2) is 9.15. The molecule has 39 heavy (non-hydrogen) atoms. The van der Waals surface area contributed by atoms with Crippen LogP contribution in [0, 0.1) is 56.7 Å². The predicted octanol–water partition coefficient (Wildman–Crippen LogP) is 6.87. The first-order valence-corrected chi connectivity index (χ1v) is 15.3. The number of nitriles is 1. The molecule has 5 aliphatic carbocycles. The van der Waals surface area contributed by atoms with Gasteiger partial charge in [0.05, 0.1) is 5.57 Å². The van der Waals surface area contributed by atoms with E-state index < -0.39 is 5.41 Å². The molecule has 5 aliphatic rings. The van der Waals surface area contributed by atoms with Gasteiger partial charge in [-0.2, -0.15) is 5.26 Å². The molecule has 0 aromatic heterocycles. The van der Waals surface area contributed by atoms with Gasteiger partial charge >= 0.3 is 0 Å². The molecule has 1 amide bonds. The largest absolute Gasteiger partial charge is 0.350 e. The van der Waals surface area contributed by atoms with Crippen molar-refractivity contribution < 1.29 is 14.4 Å². The Bertz CT molecular complexity index is 1200. The number of nitrogens with zero attached hydrogens (tertiary/aromatic N) is 1. The van der Waals surface area contributed by atoms with Crippen LogP contribution in [-0.2, 0) is 14.4 Å². The zero-order chi connectivity index (χ0) is 28.6. The lowest BCUT2D eigenvalue weighted by molar-refractivity contribution is -0.132. The third kappa shape index (κ3) is 4.45. The fourth-order valence-corrected chi connectivity index (χ4v) is 9.55. The molecule has 1 unspecified atom stereocenters. The molecule has 0 radical (unpaired) electrons. The second-order valence-corrected chi connectivity index (χ2v) is 15.5. The summed E-state index contributed by atoms with van der Waals surface area (Å²) in [7, 11) is 0. The molecule has 7 atom stereocenters. The molecule has 0 spiro atoms. The average molecular weight is 533 g/mol. The maximum absolute atomic E-state index is 13.1. The van der Waals surface area contributed by atoms with Crippen LogP contribution in [0.3, 0.4) is 0 Å². The molecule has 5 nitrogen and oxygen atoms in total. The molecule has 0 aromatic rings. The van der Waals surface area contributed by atoms with E-state index in [2.05, 4.69) is 46.0 Å². The lowest BCUT2D eigenvalue weighted by atomic mass is 9.40. The number of nitrogens with one attached hydrogen (secondary N) is 1. The van der Waals surface area contributed by atoms with Crippen molar-refractivity contribution in [2.75, 3.05) is 0 Å². The van der Waals surface area contributed by atoms with E-state index in [0.717, 1.165) is 69.8 Å². The van der Waals surface area contributed by atoms with Crippen molar-refractivity contribution in [2.45, 2.75) is 118 Å². The van der Waals surface area contributed by atoms with Gasteiger partial charge in [0.25, 0.3) is 0 Å². The summed E-state index contributed by atoms with van der Waals surface area (Å²) in [6, 6.07) is 2.18. The highest BCUT2D eigenvalue weighted by Gasteiger charge is 2.62. The quantitative estimate of drug-likeness (QED) is 0.400. The maximum Gasteiger partial charge on any atom is 0.223 e. The highest BCUT2D eigenvalue weighted by Crippen LogP contribution is 2.69. The summed E-state index contributed by atoms with van der Waals surface area (Å²) < 4.78 is 0. The van der Waals surface area contributed by atoms with Crippen molar-refractivity contribution in [3.63, 3.8) is 0 Å². The zero-order valence-corrected chi connectivity index (χ0v) is 25.2. The second-order valence-electron chi connectivity index (χ2n) is 15.5. The number of ketones is 2. The van der Waals surface area contributed by atoms with Crippen LogP contribution in [0.4, 0.5) is 0 Å². The Morgan fingerprint density at radius 1 is 1.00 bits per heavy atom. The summed E-state index contributed by atoms with van der Waals surface area (Å²) in [5.74, 6) is 0.666. The number of carbonyl (C=O) groups excluding carboxylic acids is 3. The molecular weight excluding hydrogens is 484 g/mol. The first-order valence-electron chi connectivity index (χ1n) is 15.3. The minimum absolute atomic E-state index is 0.0267. The molecule has 5 heteroatoms. The van der Waals surface area contributed by atoms with Crippen molar-refractivity contribution in [2.24, 2.45) is 45.3 Å². The van der Waals surface area contributed by atoms with E-state index >= 15 is 0 Å². The molecule has 0 saturated heterocycles. The fourth-order valence-electron chi connectivity index (χ4n) is 9.55. The van der Waals surface area contributed by atoms with Gasteiger partial charge in [-0.05, 0) is 105 Å². The van der Waals surface area contributed by atoms with Crippen molar-refractivity contribution >= 4 is 17.5 Å². The van der Waals surface area contributed by atoms with Crippen molar-refractivity contribution in [3.8, 4) is 6.07 Å². The van der Waals surface area contributed by atoms with Gasteiger partial charge in [-0.25, -0.2) is 0 Å². The fraction of sp³-hybridized carbons (Fsp3) is 0.765. The average Bonchev–Trinajstić information content (AvgIpc) is 3.70. The molecule has 0 aliphatic heterocycles. The van der Waals surface area contributed by atoms with Gasteiger partial charge in [-0.15, -0.1) is 0 Å². The summed E-state index contributed by atoms with van der Waals surface area (Å²) >= 11 is 0. The van der Waals surface area contributed by atoms with E-state index in [-0.39, 0.29) is 62.6 Å². The molecule has 5 rings (SSSR count). The first kappa shape index (κ1) is 28.3. The van der Waals surface area contributed by atoms with Gasteiger partial charge in [0.1, 0.15) is 6.07 Å². The Kier molecular flexibility index (Phi) is 6.64. The molecule has 0 heterocycles. The maximum atomic E-state index is 13.1. The van der Waals surface area contributed by atoms with E-state index in [9.17, 15) is 19.6 Å². The third-order valence-corrected chi connectivity index (χ3v) is 12.4. The van der Waals surface area contributed by atoms with E-state index in [4.69, 9.17) is 0 Å². The van der Waals surface area contributed by atoms with Crippen LogP contribution in [0.25, 0.3) is 0 Å². The van der Waals surface area contributed by atoms with Crippen molar-refractivity contribution in [1.82, 2.24) is 5.32 Å². The van der Waals surface area contributed by atoms with Crippen LogP contribution in [0.1, 0.15) is 113 Å². The van der Waals surface area contributed by atoms with E-state index in [0.29, 0.717) is 5.92 Å². The molecule has 212 valence electrons. The number of allylic oxidation sites excluding steroid dienone is 4. The Labute approximate surface area is 235 Å². The monoisotopic (exact) mass is 532 g/mol. The van der Waals surface area contributed by atoms with Crippen molar-refractivity contribution in [3.05, 3.63) is 23.3 Å². The van der Waals surface area contributed by atoms with Crippen molar-refractivity contribution in [1.29, 1.82) is 5.26 Å². The van der Waals surface area contributed by atoms with Gasteiger partial charge in [0.15, 0.2) is 11.6 Å². The van der Waals surface area contributed by atoms with Gasteiger partial charge < -0.3 is 5.32 Å². The molecule has 4 saturated carbocycles. The van der Waals surface area contributed by atoms with Crippen LogP contribution >= 0.6 is 0 Å². The van der Waals surface area contributed by atoms with Gasteiger partial charge in [0.2, 0.25) is 5.91 Å². The third-order valence-electron chi connectivity index (χ3n) is 12.4. The van der Waals surface area contributed by atoms with Gasteiger partial charge in [0, 0.05) is 22.8 Å². The van der Waals surface area contributed by atoms with Crippen LogP contribution < -0.4 is 5.32 Å². The normalized spacial score (nSPS) is 44.5. The van der Waals surface area contributed by atoms with Gasteiger partial charge in [-0.3, -0.25) is 14.4 Å². The highest BCUT2D eigenvalue weighted by atomic mass is 16.2. The number of amides is 1. The van der Waals surface area contributed by atoms with Crippen LogP contribution in [-0.4, -0.2) is 23.0 Å². The number of hydrogen-bond acceptors (Lipinski definition) is 4. The Balaban J connectivity index is 1.56. The molecular formula is C34H48N2O3. The zero-order valence-electron chi connectivity index (χ0n) is 25.2. The summed E-state index contributed by atoms with van der Waals surface area (Å²) in [5.41, 5.74) is 0.622. The summed E-state index contributed by atoms with van der Waals surface area (Å²) in [6.07, 6.45) is 13.9. The number of hydrogen-bond donors (Lipinski definition) is 1. The van der Waals surface area contributed by atoms with Crippen LogP contribution in [0.5, 0.6) is 0 Å². The Morgan fingerprint density at radius 2 is 1.67 bits per heavy atom. The van der Waals surface area contributed by atoms with Crippen LogP contribution in [0.15, 0.2) is 23.3 Å². The SMILES string of the molecule is CC(=O)/C=C1/[C@@]2(C)C=C(C#N)C(=O)[C@@H](C)[C@@H]2CC[C@@]1(C)[C@]1(C)CC[C@@]2(NC(=O)C3CC3)CCC(C)(C)CC2C1. The predicted molar refractivity (Wildman–Crippen MR) is 152 cm³/mol. The number of carbonyl (C=O) groups is 3. The molecule has 0 bridgehead atoms. The van der Waals surface area contributed by atoms with Crippen LogP contribution in [0.2, 0.25) is 0 Å². The topological polar surface area (TPSA) is 87.0 Å². The first-order chi connectivity index (χ1) is 18.1. The minimum atomic E-state index is -0.513. The van der Waals surface area contributed by atoms with E-state index in [1.54, 1.807) is 6.92 Å². The number of fused-ring (bicyclic) bond motifs is 2. The number of rotatable bonds is 4. The highest BCUT2D eigenvalue weighted by molar-refractivity contribution is 6.02. The Morgan fingerprint density at radius 3 is 2.28 bits per heavy atom. The number of Topliss-reactive ketones (excluding diaryl/α,β-unsaturated/α-hetero) is 1. The van der Waals surface area contributed by atoms with E-state index in [1.165, 1.54) is 0 Å². The lowest BCUT2D eigenvalue weighted by Crippen LogP contribution is -2.63. The van der Waals surface area contributed by atoms with E-state index in [1.807, 2.05) is 19.1 Å². The molecule has 0 aromatic carbocycles. The summed E-state index contributed by atoms with van der Waals surface area (Å²) in [6.45, 7) is 15.3. The summed E-state index contributed by atoms with van der Waals surface area (Å²) in [4.78, 5) is 38.9. The molecule has 1 N–H and O–H groups in total. The summed E-state index contributed by atoms with van der Waals surface area (Å²) in [5, 5.41) is 13.5.